The molecule has 2 aliphatic rings. The zero-order chi connectivity index (χ0) is 19.8. The fraction of sp³-hybridized carbons (Fsp3) is 0.318. The standard InChI is InChI=1S/C22H21FN4O2/c23-16-4-8-20(9-5-16)29-21-3-1-2-15(12-21)22(28)27-17-6-7-18(27)14-19(13-17)26-11-10-24-25-26/h1-5,8-12,17-19H,6-7,13-14H2. The second kappa shape index (κ2) is 7.31. The molecule has 1 aromatic heterocycles. The molecule has 2 bridgehead atoms. The van der Waals surface area contributed by atoms with E-state index in [1.807, 2.05) is 27.9 Å². The van der Waals surface area contributed by atoms with E-state index in [4.69, 9.17) is 4.74 Å². The molecule has 0 spiro atoms. The zero-order valence-electron chi connectivity index (χ0n) is 15.8. The lowest BCUT2D eigenvalue weighted by atomic mass is 9.96. The highest BCUT2D eigenvalue weighted by Crippen LogP contribution is 2.41. The average molecular weight is 392 g/mol. The Morgan fingerprint density at radius 1 is 1.00 bits per heavy atom. The lowest BCUT2D eigenvalue weighted by Gasteiger charge is -2.39. The summed E-state index contributed by atoms with van der Waals surface area (Å²) in [6.07, 6.45) is 7.44. The number of halogens is 1. The van der Waals surface area contributed by atoms with Gasteiger partial charge >= 0.3 is 0 Å². The van der Waals surface area contributed by atoms with Crippen LogP contribution in [0.4, 0.5) is 4.39 Å². The van der Waals surface area contributed by atoms with E-state index in [1.54, 1.807) is 30.5 Å². The van der Waals surface area contributed by atoms with Crippen molar-refractivity contribution in [2.75, 3.05) is 0 Å². The maximum Gasteiger partial charge on any atom is 0.254 e. The fourth-order valence-corrected chi connectivity index (χ4v) is 4.59. The zero-order valence-corrected chi connectivity index (χ0v) is 15.8. The summed E-state index contributed by atoms with van der Waals surface area (Å²) >= 11 is 0. The smallest absolute Gasteiger partial charge is 0.254 e. The third-order valence-electron chi connectivity index (χ3n) is 5.89. The monoisotopic (exact) mass is 392 g/mol. The first kappa shape index (κ1) is 17.8. The van der Waals surface area contributed by atoms with Crippen LogP contribution in [-0.2, 0) is 0 Å². The van der Waals surface area contributed by atoms with E-state index in [0.717, 1.165) is 25.7 Å². The molecule has 5 rings (SSSR count). The van der Waals surface area contributed by atoms with Crippen LogP contribution in [-0.4, -0.2) is 37.9 Å². The van der Waals surface area contributed by atoms with Gasteiger partial charge in [0, 0.05) is 23.8 Å². The van der Waals surface area contributed by atoms with Crippen molar-refractivity contribution < 1.29 is 13.9 Å². The van der Waals surface area contributed by atoms with Gasteiger partial charge in [-0.15, -0.1) is 5.10 Å². The number of piperidine rings is 1. The second-order valence-electron chi connectivity index (χ2n) is 7.69. The summed E-state index contributed by atoms with van der Waals surface area (Å²) in [5, 5.41) is 8.06. The fourth-order valence-electron chi connectivity index (χ4n) is 4.59. The predicted molar refractivity (Wildman–Crippen MR) is 104 cm³/mol. The number of nitrogens with zero attached hydrogens (tertiary/aromatic N) is 4. The number of rotatable bonds is 4. The summed E-state index contributed by atoms with van der Waals surface area (Å²) in [6.45, 7) is 0. The molecule has 0 N–H and O–H groups in total. The first-order valence-corrected chi connectivity index (χ1v) is 9.89. The van der Waals surface area contributed by atoms with E-state index in [0.29, 0.717) is 23.1 Å². The van der Waals surface area contributed by atoms with Crippen LogP contribution in [0.15, 0.2) is 60.9 Å². The Hall–Kier alpha value is -3.22. The van der Waals surface area contributed by atoms with Gasteiger partial charge in [0.05, 0.1) is 12.2 Å². The maximum atomic E-state index is 13.3. The molecule has 3 heterocycles. The van der Waals surface area contributed by atoms with Crippen LogP contribution in [0.1, 0.15) is 42.1 Å². The highest BCUT2D eigenvalue weighted by atomic mass is 19.1. The summed E-state index contributed by atoms with van der Waals surface area (Å²) in [6, 6.07) is 13.8. The highest BCUT2D eigenvalue weighted by molar-refractivity contribution is 5.95. The van der Waals surface area contributed by atoms with Crippen molar-refractivity contribution in [2.24, 2.45) is 0 Å². The molecule has 0 radical (unpaired) electrons. The molecule has 7 heteroatoms. The van der Waals surface area contributed by atoms with Gasteiger partial charge in [-0.2, -0.15) is 0 Å². The van der Waals surface area contributed by atoms with Crippen molar-refractivity contribution in [3.05, 3.63) is 72.3 Å². The van der Waals surface area contributed by atoms with Gasteiger partial charge in [0.2, 0.25) is 0 Å². The van der Waals surface area contributed by atoms with Crippen LogP contribution >= 0.6 is 0 Å². The number of amides is 1. The van der Waals surface area contributed by atoms with Gasteiger partial charge in [-0.05, 0) is 68.1 Å². The average Bonchev–Trinajstić information content (AvgIpc) is 3.36. The summed E-state index contributed by atoms with van der Waals surface area (Å²) in [7, 11) is 0. The minimum Gasteiger partial charge on any atom is -0.457 e. The first-order valence-electron chi connectivity index (χ1n) is 9.89. The van der Waals surface area contributed by atoms with Gasteiger partial charge in [-0.25, -0.2) is 9.07 Å². The van der Waals surface area contributed by atoms with Crippen molar-refractivity contribution >= 4 is 5.91 Å². The Balaban J connectivity index is 1.33. The van der Waals surface area contributed by atoms with Gasteiger partial charge in [0.15, 0.2) is 0 Å². The van der Waals surface area contributed by atoms with Crippen molar-refractivity contribution in [3.63, 3.8) is 0 Å². The van der Waals surface area contributed by atoms with Crippen molar-refractivity contribution in [3.8, 4) is 11.5 Å². The molecule has 2 aliphatic heterocycles. The summed E-state index contributed by atoms with van der Waals surface area (Å²) < 4.78 is 20.8. The predicted octanol–water partition coefficient (Wildman–Crippen LogP) is 4.22. The minimum atomic E-state index is -0.314. The van der Waals surface area contributed by atoms with Gasteiger partial charge in [-0.3, -0.25) is 4.79 Å². The second-order valence-corrected chi connectivity index (χ2v) is 7.69. The molecule has 2 fully saturated rings. The van der Waals surface area contributed by atoms with E-state index >= 15 is 0 Å². The highest BCUT2D eigenvalue weighted by Gasteiger charge is 2.44. The molecule has 3 aromatic rings. The van der Waals surface area contributed by atoms with Gasteiger partial charge in [0.25, 0.3) is 5.91 Å². The molecule has 0 aliphatic carbocycles. The molecule has 148 valence electrons. The SMILES string of the molecule is O=C(c1cccc(Oc2ccc(F)cc2)c1)N1C2CCC1CC(n1ccnn1)C2. The van der Waals surface area contributed by atoms with Gasteiger partial charge in [-0.1, -0.05) is 11.3 Å². The van der Waals surface area contributed by atoms with Gasteiger partial charge in [0.1, 0.15) is 17.3 Å². The number of hydrogen-bond acceptors (Lipinski definition) is 4. The summed E-state index contributed by atoms with van der Waals surface area (Å²) in [4.78, 5) is 15.3. The third-order valence-corrected chi connectivity index (χ3v) is 5.89. The number of ether oxygens (including phenoxy) is 1. The summed E-state index contributed by atoms with van der Waals surface area (Å²) in [5.41, 5.74) is 0.612. The number of fused-ring (bicyclic) bond motifs is 2. The largest absolute Gasteiger partial charge is 0.457 e. The van der Waals surface area contributed by atoms with Gasteiger partial charge < -0.3 is 9.64 Å². The number of aromatic nitrogens is 3. The molecule has 6 nitrogen and oxygen atoms in total. The number of hydrogen-bond donors (Lipinski definition) is 0. The molecule has 2 aromatic carbocycles. The van der Waals surface area contributed by atoms with Crippen molar-refractivity contribution in [2.45, 2.75) is 43.8 Å². The van der Waals surface area contributed by atoms with E-state index < -0.39 is 0 Å². The van der Waals surface area contributed by atoms with Crippen LogP contribution in [0.3, 0.4) is 0 Å². The first-order chi connectivity index (χ1) is 14.2. The number of carbonyl (C=O) groups is 1. The Kier molecular flexibility index (Phi) is 4.50. The Bertz CT molecular complexity index is 992. The Morgan fingerprint density at radius 3 is 2.45 bits per heavy atom. The normalized spacial score (nSPS) is 23.2. The van der Waals surface area contributed by atoms with Crippen LogP contribution in [0.25, 0.3) is 0 Å². The molecule has 29 heavy (non-hydrogen) atoms. The molecular weight excluding hydrogens is 371 g/mol. The summed E-state index contributed by atoms with van der Waals surface area (Å²) in [5.74, 6) is 0.821. The lowest BCUT2D eigenvalue weighted by Crippen LogP contribution is -2.47. The number of benzene rings is 2. The van der Waals surface area contributed by atoms with Crippen molar-refractivity contribution in [1.82, 2.24) is 19.9 Å². The maximum absolute atomic E-state index is 13.3. The molecule has 1 amide bonds. The molecule has 0 saturated carbocycles. The van der Waals surface area contributed by atoms with Crippen molar-refractivity contribution in [1.29, 1.82) is 0 Å². The van der Waals surface area contributed by atoms with Crippen LogP contribution in [0, 0.1) is 5.82 Å². The third kappa shape index (κ3) is 3.48. The van der Waals surface area contributed by atoms with E-state index in [2.05, 4.69) is 10.3 Å². The topological polar surface area (TPSA) is 60.2 Å². The minimum absolute atomic E-state index is 0.0408. The van der Waals surface area contributed by atoms with E-state index in [1.165, 1.54) is 12.1 Å². The van der Waals surface area contributed by atoms with E-state index in [9.17, 15) is 9.18 Å². The Morgan fingerprint density at radius 2 is 1.76 bits per heavy atom. The van der Waals surface area contributed by atoms with Crippen LogP contribution < -0.4 is 4.74 Å². The van der Waals surface area contributed by atoms with E-state index in [-0.39, 0.29) is 23.8 Å². The molecular formula is C22H21FN4O2. The quantitative estimate of drug-likeness (QED) is 0.667. The Labute approximate surface area is 167 Å². The van der Waals surface area contributed by atoms with Crippen LogP contribution in [0.2, 0.25) is 0 Å². The molecule has 2 unspecified atom stereocenters. The molecule has 2 saturated heterocycles. The number of carbonyl (C=O) groups excluding carboxylic acids is 1. The van der Waals surface area contributed by atoms with Crippen LogP contribution in [0.5, 0.6) is 11.5 Å². The molecule has 2 atom stereocenters. The lowest BCUT2D eigenvalue weighted by molar-refractivity contribution is 0.0522.